The third-order valence-corrected chi connectivity index (χ3v) is 12.1. The molecule has 0 rings (SSSR count). The monoisotopic (exact) mass is 932 g/mol. The predicted molar refractivity (Wildman–Crippen MR) is 275 cm³/mol. The number of ether oxygens (including phenoxy) is 2. The van der Waals surface area contributed by atoms with Crippen molar-refractivity contribution >= 4 is 19.8 Å². The first kappa shape index (κ1) is 62.4. The number of rotatable bonds is 49. The quantitative estimate of drug-likeness (QED) is 0.0265. The molecule has 0 radical (unpaired) electrons. The molecule has 0 saturated heterocycles. The van der Waals surface area contributed by atoms with Crippen LogP contribution in [0, 0.1) is 0 Å². The van der Waals surface area contributed by atoms with E-state index in [2.05, 4.69) is 86.8 Å². The van der Waals surface area contributed by atoms with Gasteiger partial charge in [-0.2, -0.15) is 0 Å². The van der Waals surface area contributed by atoms with Crippen molar-refractivity contribution in [1.82, 2.24) is 0 Å². The van der Waals surface area contributed by atoms with Crippen molar-refractivity contribution in [1.29, 1.82) is 0 Å². The lowest BCUT2D eigenvalue weighted by Gasteiger charge is -2.19. The molecule has 2 unspecified atom stereocenters. The lowest BCUT2D eigenvalue weighted by atomic mass is 10.0. The fraction of sp³-hybridized carbons (Fsp3) is 0.745. The lowest BCUT2D eigenvalue weighted by Crippen LogP contribution is -2.29. The molecule has 0 aliphatic heterocycles. The zero-order valence-corrected chi connectivity index (χ0v) is 42.6. The minimum Gasteiger partial charge on any atom is -0.462 e. The Labute approximate surface area is 399 Å². The molecule has 0 fully saturated rings. The first-order valence-electron chi connectivity index (χ1n) is 26.4. The molecule has 2 atom stereocenters. The Morgan fingerprint density at radius 1 is 0.477 bits per heavy atom. The molecule has 0 aromatic carbocycles. The van der Waals surface area contributed by atoms with E-state index >= 15 is 0 Å². The van der Waals surface area contributed by atoms with Crippen molar-refractivity contribution < 1.29 is 37.6 Å². The molecule has 0 heterocycles. The van der Waals surface area contributed by atoms with Crippen LogP contribution in [0.2, 0.25) is 0 Å². The van der Waals surface area contributed by atoms with E-state index in [1.54, 1.807) is 0 Å². The Kier molecular flexibility index (Phi) is 48.9. The maximum absolute atomic E-state index is 12.6. The van der Waals surface area contributed by atoms with Crippen LogP contribution in [0.15, 0.2) is 72.9 Å². The van der Waals surface area contributed by atoms with Crippen molar-refractivity contribution in [3.8, 4) is 0 Å². The third kappa shape index (κ3) is 50.7. The second-order valence-electron chi connectivity index (χ2n) is 17.4. The number of unbranched alkanes of at least 4 members (excludes halogenated alkanes) is 24. The summed E-state index contributed by atoms with van der Waals surface area (Å²) in [5.74, 6) is -0.837. The van der Waals surface area contributed by atoms with E-state index in [9.17, 15) is 19.0 Å². The van der Waals surface area contributed by atoms with Crippen LogP contribution in [0.5, 0.6) is 0 Å². The Balaban J connectivity index is 3.87. The summed E-state index contributed by atoms with van der Waals surface area (Å²) >= 11 is 0. The summed E-state index contributed by atoms with van der Waals surface area (Å²) in [7, 11) is -4.38. The molecule has 0 aromatic heterocycles. The van der Waals surface area contributed by atoms with Crippen molar-refractivity contribution in [3.05, 3.63) is 72.9 Å². The Bertz CT molecular complexity index is 1290. The minimum atomic E-state index is -4.38. The molecule has 9 nitrogen and oxygen atoms in total. The standard InChI is InChI=1S/C55H98NO8P/c1-3-5-7-9-11-13-15-16-17-18-19-20-21-22-23-24-25-26-27-28-29-30-31-32-33-34-35-36-38-40-42-44-46-48-55(58)64-53(52-63-65(59,60)62-50-49-56)51-61-54(57)47-45-43-41-39-37-14-12-10-8-6-4-2/h5,7,10-13,16-17,19-20,22-23,53H,3-4,6,8-9,14-15,18,21,24-52,56H2,1-2H3,(H,59,60)/b7-5-,12-10-,13-11-,17-16-,20-19-,23-22-. The molecule has 376 valence electrons. The van der Waals surface area contributed by atoms with Gasteiger partial charge in [0.1, 0.15) is 6.61 Å². The van der Waals surface area contributed by atoms with Gasteiger partial charge >= 0.3 is 19.8 Å². The molecule has 0 aliphatic carbocycles. The highest BCUT2D eigenvalue weighted by Crippen LogP contribution is 2.43. The van der Waals surface area contributed by atoms with Gasteiger partial charge in [0.05, 0.1) is 13.2 Å². The molecule has 0 bridgehead atoms. The molecule has 0 aromatic rings. The maximum Gasteiger partial charge on any atom is 0.472 e. The van der Waals surface area contributed by atoms with Gasteiger partial charge in [-0.15, -0.1) is 0 Å². The largest absolute Gasteiger partial charge is 0.472 e. The number of phosphoric acid groups is 1. The van der Waals surface area contributed by atoms with Crippen LogP contribution in [0.4, 0.5) is 0 Å². The van der Waals surface area contributed by atoms with Crippen LogP contribution in [0.3, 0.4) is 0 Å². The van der Waals surface area contributed by atoms with Crippen molar-refractivity contribution in [2.45, 2.75) is 238 Å². The predicted octanol–water partition coefficient (Wildman–Crippen LogP) is 16.2. The minimum absolute atomic E-state index is 0.0512. The second-order valence-corrected chi connectivity index (χ2v) is 18.8. The molecule has 0 amide bonds. The van der Waals surface area contributed by atoms with E-state index in [4.69, 9.17) is 24.3 Å². The molecule has 65 heavy (non-hydrogen) atoms. The van der Waals surface area contributed by atoms with E-state index < -0.39 is 32.5 Å². The van der Waals surface area contributed by atoms with Crippen LogP contribution in [-0.4, -0.2) is 49.3 Å². The molecular weight excluding hydrogens is 834 g/mol. The average molecular weight is 932 g/mol. The third-order valence-electron chi connectivity index (χ3n) is 11.1. The number of phosphoric ester groups is 1. The van der Waals surface area contributed by atoms with Gasteiger partial charge in [0.25, 0.3) is 0 Å². The Hall–Kier alpha value is -2.55. The van der Waals surface area contributed by atoms with Gasteiger partial charge in [-0.05, 0) is 77.0 Å². The summed E-state index contributed by atoms with van der Waals surface area (Å²) in [5, 5.41) is 0. The number of allylic oxidation sites excluding steroid dienone is 12. The normalized spacial score (nSPS) is 13.7. The van der Waals surface area contributed by atoms with Crippen LogP contribution < -0.4 is 5.73 Å². The van der Waals surface area contributed by atoms with Crippen molar-refractivity contribution in [2.24, 2.45) is 5.73 Å². The summed E-state index contributed by atoms with van der Waals surface area (Å²) in [6.45, 7) is 3.58. The van der Waals surface area contributed by atoms with E-state index in [1.165, 1.54) is 103 Å². The molecule has 0 spiro atoms. The number of hydrogen-bond donors (Lipinski definition) is 2. The van der Waals surface area contributed by atoms with Crippen LogP contribution in [0.25, 0.3) is 0 Å². The van der Waals surface area contributed by atoms with E-state index in [1.807, 2.05) is 0 Å². The second kappa shape index (κ2) is 50.9. The Morgan fingerprint density at radius 3 is 1.28 bits per heavy atom. The number of carbonyl (C=O) groups excluding carboxylic acids is 2. The maximum atomic E-state index is 12.6. The van der Waals surface area contributed by atoms with Gasteiger partial charge in [-0.25, -0.2) is 4.57 Å². The number of hydrogen-bond acceptors (Lipinski definition) is 8. The molecule has 0 aliphatic rings. The van der Waals surface area contributed by atoms with Gasteiger partial charge in [-0.1, -0.05) is 215 Å². The summed E-state index contributed by atoms with van der Waals surface area (Å²) in [4.78, 5) is 34.9. The zero-order valence-electron chi connectivity index (χ0n) is 41.7. The average Bonchev–Trinajstić information content (AvgIpc) is 3.30. The summed E-state index contributed by atoms with van der Waals surface area (Å²) in [6.07, 6.45) is 64.0. The Morgan fingerprint density at radius 2 is 0.846 bits per heavy atom. The van der Waals surface area contributed by atoms with Crippen molar-refractivity contribution in [3.63, 3.8) is 0 Å². The van der Waals surface area contributed by atoms with Crippen molar-refractivity contribution in [2.75, 3.05) is 26.4 Å². The highest BCUT2D eigenvalue weighted by molar-refractivity contribution is 7.47. The first-order chi connectivity index (χ1) is 31.8. The number of carbonyl (C=O) groups is 2. The van der Waals surface area contributed by atoms with Crippen LogP contribution in [-0.2, 0) is 32.7 Å². The van der Waals surface area contributed by atoms with E-state index in [0.717, 1.165) is 96.3 Å². The number of esters is 2. The lowest BCUT2D eigenvalue weighted by molar-refractivity contribution is -0.161. The SMILES string of the molecule is CC/C=C\C/C=C\C/C=C\C/C=C\C/C=C\CCCCCCCCCCCCCCCCCCCC(=O)OC(COC(=O)CCCCCCC/C=C\CCCC)COP(=O)(O)OCCN. The van der Waals surface area contributed by atoms with Crippen LogP contribution >= 0.6 is 7.82 Å². The summed E-state index contributed by atoms with van der Waals surface area (Å²) in [5.41, 5.74) is 5.36. The highest BCUT2D eigenvalue weighted by Gasteiger charge is 2.26. The molecule has 10 heteroatoms. The topological polar surface area (TPSA) is 134 Å². The highest BCUT2D eigenvalue weighted by atomic mass is 31.2. The van der Waals surface area contributed by atoms with E-state index in [-0.39, 0.29) is 32.6 Å². The summed E-state index contributed by atoms with van der Waals surface area (Å²) < 4.78 is 32.8. The fourth-order valence-electron chi connectivity index (χ4n) is 7.17. The van der Waals surface area contributed by atoms with Gasteiger partial charge in [0, 0.05) is 19.4 Å². The molecule has 0 saturated carbocycles. The van der Waals surface area contributed by atoms with Gasteiger partial charge in [-0.3, -0.25) is 18.6 Å². The van der Waals surface area contributed by atoms with E-state index in [0.29, 0.717) is 6.42 Å². The van der Waals surface area contributed by atoms with Gasteiger partial charge in [0.2, 0.25) is 0 Å². The molecule has 3 N–H and O–H groups in total. The van der Waals surface area contributed by atoms with Crippen LogP contribution in [0.1, 0.15) is 232 Å². The molecular formula is C55H98NO8P. The first-order valence-corrected chi connectivity index (χ1v) is 27.9. The zero-order chi connectivity index (χ0) is 47.4. The number of nitrogens with two attached hydrogens (primary N) is 1. The van der Waals surface area contributed by atoms with Gasteiger partial charge in [0.15, 0.2) is 6.10 Å². The smallest absolute Gasteiger partial charge is 0.462 e. The summed E-state index contributed by atoms with van der Waals surface area (Å²) in [6, 6.07) is 0. The fourth-order valence-corrected chi connectivity index (χ4v) is 7.94. The van der Waals surface area contributed by atoms with Gasteiger partial charge < -0.3 is 20.1 Å².